The molecule has 0 unspecified atom stereocenters. The molecule has 0 spiro atoms. The molecule has 0 aromatic heterocycles. The normalized spacial score (nSPS) is 11.7. The molecule has 1 aromatic rings. The smallest absolute Gasteiger partial charge is 0.138 e. The lowest BCUT2D eigenvalue weighted by Gasteiger charge is -2.04. The Hall–Kier alpha value is -0.960. The van der Waals surface area contributed by atoms with Crippen LogP contribution < -0.4 is 5.73 Å². The Labute approximate surface area is 78.1 Å². The van der Waals surface area contributed by atoms with Gasteiger partial charge in [-0.05, 0) is 24.8 Å². The molecular weight excluding hydrogens is 168 g/mol. The number of hydrogen-bond donors (Lipinski definition) is 2. The van der Waals surface area contributed by atoms with Crippen molar-refractivity contribution < 1.29 is 0 Å². The number of nitrogens with two attached hydrogens (primary N) is 1. The Morgan fingerprint density at radius 2 is 2.17 bits per heavy atom. The predicted molar refractivity (Wildman–Crippen MR) is 55.5 cm³/mol. The molecule has 3 heteroatoms. The number of aryl methyl sites for hydroxylation is 1. The van der Waals surface area contributed by atoms with E-state index >= 15 is 0 Å². The van der Waals surface area contributed by atoms with Gasteiger partial charge in [0.05, 0.1) is 0 Å². The summed E-state index contributed by atoms with van der Waals surface area (Å²) < 4.78 is 3.66. The van der Waals surface area contributed by atoms with Gasteiger partial charge in [-0.1, -0.05) is 31.2 Å². The van der Waals surface area contributed by atoms with Crippen LogP contribution in [0.5, 0.6) is 0 Å². The van der Waals surface area contributed by atoms with Gasteiger partial charge in [0.1, 0.15) is 5.84 Å². The Bertz CT molecular complexity index is 294. The predicted octanol–water partition coefficient (Wildman–Crippen LogP) is 1.80. The molecule has 0 saturated carbocycles. The SMILES string of the molecule is CCc1ccccc1C(N)=NS. The Morgan fingerprint density at radius 1 is 1.50 bits per heavy atom. The van der Waals surface area contributed by atoms with Crippen molar-refractivity contribution in [3.63, 3.8) is 0 Å². The summed E-state index contributed by atoms with van der Waals surface area (Å²) in [6, 6.07) is 7.93. The quantitative estimate of drug-likeness (QED) is 0.406. The van der Waals surface area contributed by atoms with E-state index in [-0.39, 0.29) is 0 Å². The van der Waals surface area contributed by atoms with Gasteiger partial charge >= 0.3 is 0 Å². The molecule has 0 aliphatic carbocycles. The van der Waals surface area contributed by atoms with Crippen LogP contribution >= 0.6 is 12.8 Å². The summed E-state index contributed by atoms with van der Waals surface area (Å²) >= 11 is 3.78. The van der Waals surface area contributed by atoms with Crippen molar-refractivity contribution in [1.29, 1.82) is 0 Å². The largest absolute Gasteiger partial charge is 0.383 e. The van der Waals surface area contributed by atoms with Crippen LogP contribution in [0.3, 0.4) is 0 Å². The van der Waals surface area contributed by atoms with Crippen LogP contribution in [0.15, 0.2) is 28.7 Å². The van der Waals surface area contributed by atoms with Crippen LogP contribution in [-0.4, -0.2) is 5.84 Å². The average Bonchev–Trinajstić information content (AvgIpc) is 2.16. The van der Waals surface area contributed by atoms with Gasteiger partial charge in [-0.2, -0.15) is 0 Å². The average molecular weight is 180 g/mol. The van der Waals surface area contributed by atoms with Crippen molar-refractivity contribution in [2.24, 2.45) is 10.1 Å². The van der Waals surface area contributed by atoms with Gasteiger partial charge in [0.15, 0.2) is 0 Å². The number of hydrogen-bond acceptors (Lipinski definition) is 2. The number of thiol groups is 1. The Morgan fingerprint density at radius 3 is 2.75 bits per heavy atom. The fourth-order valence-electron chi connectivity index (χ4n) is 1.13. The summed E-state index contributed by atoms with van der Waals surface area (Å²) in [6.07, 6.45) is 0.959. The van der Waals surface area contributed by atoms with Crippen LogP contribution in [0.1, 0.15) is 18.1 Å². The van der Waals surface area contributed by atoms with E-state index in [1.54, 1.807) is 0 Å². The highest BCUT2D eigenvalue weighted by Gasteiger charge is 2.01. The molecule has 0 bridgehead atoms. The fraction of sp³-hybridized carbons (Fsp3) is 0.222. The van der Waals surface area contributed by atoms with Gasteiger partial charge in [0.2, 0.25) is 0 Å². The highest BCUT2D eigenvalue weighted by Crippen LogP contribution is 2.09. The van der Waals surface area contributed by atoms with E-state index in [1.165, 1.54) is 5.56 Å². The third-order valence-corrected chi connectivity index (χ3v) is 2.00. The second kappa shape index (κ2) is 4.16. The van der Waals surface area contributed by atoms with Crippen molar-refractivity contribution in [3.8, 4) is 0 Å². The van der Waals surface area contributed by atoms with Gasteiger partial charge in [-0.25, -0.2) is 4.40 Å². The van der Waals surface area contributed by atoms with Crippen molar-refractivity contribution in [2.45, 2.75) is 13.3 Å². The lowest BCUT2D eigenvalue weighted by Crippen LogP contribution is -2.14. The van der Waals surface area contributed by atoms with Crippen molar-refractivity contribution in [1.82, 2.24) is 0 Å². The maximum absolute atomic E-state index is 5.64. The third-order valence-electron chi connectivity index (χ3n) is 1.78. The first-order valence-electron chi connectivity index (χ1n) is 3.85. The zero-order chi connectivity index (χ0) is 8.97. The summed E-state index contributed by atoms with van der Waals surface area (Å²) in [6.45, 7) is 2.09. The number of nitrogens with zero attached hydrogens (tertiary/aromatic N) is 1. The van der Waals surface area contributed by atoms with Gasteiger partial charge in [-0.3, -0.25) is 0 Å². The minimum absolute atomic E-state index is 0.482. The molecular formula is C9H12N2S. The molecule has 0 heterocycles. The molecule has 1 aromatic carbocycles. The summed E-state index contributed by atoms with van der Waals surface area (Å²) in [5, 5.41) is 0. The minimum atomic E-state index is 0.482. The van der Waals surface area contributed by atoms with Crippen LogP contribution in [0.4, 0.5) is 0 Å². The molecule has 0 amide bonds. The second-order valence-electron chi connectivity index (χ2n) is 2.50. The molecule has 0 fully saturated rings. The maximum Gasteiger partial charge on any atom is 0.138 e. The van der Waals surface area contributed by atoms with Crippen molar-refractivity contribution >= 4 is 18.7 Å². The highest BCUT2D eigenvalue weighted by atomic mass is 32.1. The van der Waals surface area contributed by atoms with E-state index in [0.29, 0.717) is 5.84 Å². The number of amidine groups is 1. The topological polar surface area (TPSA) is 38.4 Å². The summed E-state index contributed by atoms with van der Waals surface area (Å²) in [5.74, 6) is 0.482. The third kappa shape index (κ3) is 1.80. The van der Waals surface area contributed by atoms with Gasteiger partial charge in [-0.15, -0.1) is 0 Å². The molecule has 2 N–H and O–H groups in total. The van der Waals surface area contributed by atoms with Crippen molar-refractivity contribution in [2.75, 3.05) is 0 Å². The van der Waals surface area contributed by atoms with Crippen LogP contribution in [0, 0.1) is 0 Å². The van der Waals surface area contributed by atoms with Crippen LogP contribution in [0.2, 0.25) is 0 Å². The van der Waals surface area contributed by atoms with Gasteiger partial charge in [0.25, 0.3) is 0 Å². The van der Waals surface area contributed by atoms with Gasteiger partial charge < -0.3 is 5.73 Å². The van der Waals surface area contributed by atoms with E-state index < -0.39 is 0 Å². The summed E-state index contributed by atoms with van der Waals surface area (Å²) in [4.78, 5) is 0. The summed E-state index contributed by atoms with van der Waals surface area (Å²) in [7, 11) is 0. The molecule has 0 aliphatic heterocycles. The zero-order valence-corrected chi connectivity index (χ0v) is 7.88. The first-order chi connectivity index (χ1) is 5.79. The zero-order valence-electron chi connectivity index (χ0n) is 6.99. The molecule has 1 rings (SSSR count). The minimum Gasteiger partial charge on any atom is -0.383 e. The highest BCUT2D eigenvalue weighted by molar-refractivity contribution is 7.79. The molecule has 2 nitrogen and oxygen atoms in total. The maximum atomic E-state index is 5.64. The van der Waals surface area contributed by atoms with Crippen LogP contribution in [0.25, 0.3) is 0 Å². The second-order valence-corrected chi connectivity index (χ2v) is 2.70. The number of rotatable bonds is 2. The molecule has 12 heavy (non-hydrogen) atoms. The molecule has 0 atom stereocenters. The number of benzene rings is 1. The molecule has 0 saturated heterocycles. The first kappa shape index (κ1) is 9.13. The fourth-order valence-corrected chi connectivity index (χ4v) is 1.24. The lowest BCUT2D eigenvalue weighted by molar-refractivity contribution is 1.13. The first-order valence-corrected chi connectivity index (χ1v) is 4.25. The van der Waals surface area contributed by atoms with E-state index in [4.69, 9.17) is 5.73 Å². The van der Waals surface area contributed by atoms with E-state index in [2.05, 4.69) is 24.1 Å². The van der Waals surface area contributed by atoms with E-state index in [0.717, 1.165) is 12.0 Å². The Kier molecular flexibility index (Phi) is 3.17. The molecule has 64 valence electrons. The summed E-state index contributed by atoms with van der Waals surface area (Å²) in [5.41, 5.74) is 7.83. The van der Waals surface area contributed by atoms with Crippen molar-refractivity contribution in [3.05, 3.63) is 35.4 Å². The van der Waals surface area contributed by atoms with E-state index in [1.807, 2.05) is 24.3 Å². The van der Waals surface area contributed by atoms with Crippen LogP contribution in [-0.2, 0) is 6.42 Å². The monoisotopic (exact) mass is 180 g/mol. The standard InChI is InChI=1S/C9H12N2S/c1-2-7-5-3-4-6-8(7)9(10)11-12/h3-6,12H,2H2,1H3,(H2,10,11). The molecule has 0 radical (unpaired) electrons. The lowest BCUT2D eigenvalue weighted by atomic mass is 10.1. The molecule has 0 aliphatic rings. The van der Waals surface area contributed by atoms with Gasteiger partial charge in [0, 0.05) is 5.56 Å². The van der Waals surface area contributed by atoms with E-state index in [9.17, 15) is 0 Å². The Balaban J connectivity index is 3.13.